The van der Waals surface area contributed by atoms with E-state index in [9.17, 15) is 13.2 Å². The van der Waals surface area contributed by atoms with E-state index in [0.29, 0.717) is 28.9 Å². The third-order valence-corrected chi connectivity index (χ3v) is 4.21. The number of carbonyl (C=O) groups excluding carboxylic acids is 1. The third-order valence-electron chi connectivity index (χ3n) is 3.62. The Kier molecular flexibility index (Phi) is 4.27. The summed E-state index contributed by atoms with van der Waals surface area (Å²) >= 11 is 0. The van der Waals surface area contributed by atoms with Crippen molar-refractivity contribution in [2.75, 3.05) is 11.0 Å². The SMILES string of the molecule is Cc1ccc(C(=O)NCc2nc(C3CC3)no2)cc1NS(C)(=O)=O. The van der Waals surface area contributed by atoms with E-state index in [-0.39, 0.29) is 12.5 Å². The minimum Gasteiger partial charge on any atom is -0.343 e. The van der Waals surface area contributed by atoms with Crippen LogP contribution < -0.4 is 10.0 Å². The fraction of sp³-hybridized carbons (Fsp3) is 0.400. The van der Waals surface area contributed by atoms with E-state index in [1.165, 1.54) is 6.07 Å². The lowest BCUT2D eigenvalue weighted by Gasteiger charge is -2.10. The average Bonchev–Trinajstić information content (AvgIpc) is 3.25. The summed E-state index contributed by atoms with van der Waals surface area (Å²) in [5, 5.41) is 6.57. The summed E-state index contributed by atoms with van der Waals surface area (Å²) in [6.45, 7) is 1.88. The van der Waals surface area contributed by atoms with Crippen molar-refractivity contribution in [1.29, 1.82) is 0 Å². The Bertz CT molecular complexity index is 871. The van der Waals surface area contributed by atoms with E-state index in [1.807, 2.05) is 0 Å². The van der Waals surface area contributed by atoms with Crippen LogP contribution in [0.5, 0.6) is 0 Å². The number of hydrogen-bond donors (Lipinski definition) is 2. The zero-order valence-corrected chi connectivity index (χ0v) is 14.2. The molecule has 0 saturated heterocycles. The molecule has 0 aliphatic heterocycles. The number of sulfonamides is 1. The predicted molar refractivity (Wildman–Crippen MR) is 87.1 cm³/mol. The van der Waals surface area contributed by atoms with Gasteiger partial charge in [-0.15, -0.1) is 0 Å². The van der Waals surface area contributed by atoms with Gasteiger partial charge in [-0.3, -0.25) is 9.52 Å². The van der Waals surface area contributed by atoms with Crippen LogP contribution in [0.15, 0.2) is 22.7 Å². The number of rotatable bonds is 6. The van der Waals surface area contributed by atoms with Gasteiger partial charge in [0, 0.05) is 11.5 Å². The van der Waals surface area contributed by atoms with E-state index >= 15 is 0 Å². The van der Waals surface area contributed by atoms with Crippen LogP contribution in [0.2, 0.25) is 0 Å². The van der Waals surface area contributed by atoms with E-state index in [0.717, 1.165) is 24.7 Å². The van der Waals surface area contributed by atoms with Gasteiger partial charge in [-0.25, -0.2) is 8.42 Å². The fourth-order valence-corrected chi connectivity index (χ4v) is 2.80. The van der Waals surface area contributed by atoms with E-state index < -0.39 is 10.0 Å². The molecular weight excluding hydrogens is 332 g/mol. The summed E-state index contributed by atoms with van der Waals surface area (Å²) < 4.78 is 30.2. The van der Waals surface area contributed by atoms with Crippen molar-refractivity contribution in [2.45, 2.75) is 32.2 Å². The molecule has 0 radical (unpaired) electrons. The van der Waals surface area contributed by atoms with Gasteiger partial charge in [-0.1, -0.05) is 11.2 Å². The topological polar surface area (TPSA) is 114 Å². The summed E-state index contributed by atoms with van der Waals surface area (Å²) in [6, 6.07) is 4.80. The smallest absolute Gasteiger partial charge is 0.251 e. The molecule has 1 aliphatic carbocycles. The van der Waals surface area contributed by atoms with Crippen molar-refractivity contribution >= 4 is 21.6 Å². The van der Waals surface area contributed by atoms with Crippen molar-refractivity contribution in [3.63, 3.8) is 0 Å². The summed E-state index contributed by atoms with van der Waals surface area (Å²) in [6.07, 6.45) is 3.21. The molecule has 2 N–H and O–H groups in total. The minimum absolute atomic E-state index is 0.126. The Morgan fingerprint density at radius 3 is 2.79 bits per heavy atom. The van der Waals surface area contributed by atoms with Crippen molar-refractivity contribution in [3.05, 3.63) is 41.0 Å². The fourth-order valence-electron chi connectivity index (χ4n) is 2.18. The zero-order valence-electron chi connectivity index (χ0n) is 13.4. The predicted octanol–water partition coefficient (Wildman–Crippen LogP) is 1.56. The molecule has 1 amide bonds. The Hall–Kier alpha value is -2.42. The normalized spacial score (nSPS) is 14.4. The molecule has 0 spiro atoms. The van der Waals surface area contributed by atoms with Crippen LogP contribution in [0.4, 0.5) is 5.69 Å². The number of hydrogen-bond acceptors (Lipinski definition) is 6. The monoisotopic (exact) mass is 350 g/mol. The molecule has 1 aliphatic rings. The van der Waals surface area contributed by atoms with Gasteiger partial charge in [0.2, 0.25) is 15.9 Å². The van der Waals surface area contributed by atoms with Crippen LogP contribution >= 0.6 is 0 Å². The van der Waals surface area contributed by atoms with Crippen LogP contribution in [0, 0.1) is 6.92 Å². The summed E-state index contributed by atoms with van der Waals surface area (Å²) in [4.78, 5) is 16.5. The molecule has 1 fully saturated rings. The number of anilines is 1. The molecule has 24 heavy (non-hydrogen) atoms. The van der Waals surface area contributed by atoms with Gasteiger partial charge in [0.05, 0.1) is 18.5 Å². The highest BCUT2D eigenvalue weighted by molar-refractivity contribution is 7.92. The van der Waals surface area contributed by atoms with Crippen LogP contribution in [0.3, 0.4) is 0 Å². The quantitative estimate of drug-likeness (QED) is 0.817. The molecule has 8 nitrogen and oxygen atoms in total. The lowest BCUT2D eigenvalue weighted by Crippen LogP contribution is -2.23. The first kappa shape index (κ1) is 16.4. The highest BCUT2D eigenvalue weighted by Crippen LogP contribution is 2.38. The molecule has 1 saturated carbocycles. The maximum absolute atomic E-state index is 12.2. The maximum atomic E-state index is 12.2. The summed E-state index contributed by atoms with van der Waals surface area (Å²) in [7, 11) is -3.41. The summed E-state index contributed by atoms with van der Waals surface area (Å²) in [5.41, 5.74) is 1.44. The second kappa shape index (κ2) is 6.23. The molecule has 0 bridgehead atoms. The highest BCUT2D eigenvalue weighted by atomic mass is 32.2. The van der Waals surface area contributed by atoms with E-state index in [1.54, 1.807) is 19.1 Å². The van der Waals surface area contributed by atoms with Gasteiger partial charge in [-0.2, -0.15) is 4.98 Å². The standard InChI is InChI=1S/C15H18N4O4S/c1-9-3-4-11(7-12(9)19-24(2,21)22)15(20)16-8-13-17-14(18-23-13)10-5-6-10/h3-4,7,10,19H,5-6,8H2,1-2H3,(H,16,20). The first-order valence-corrected chi connectivity index (χ1v) is 9.40. The van der Waals surface area contributed by atoms with Crippen molar-refractivity contribution in [2.24, 2.45) is 0 Å². The first-order chi connectivity index (χ1) is 11.3. The first-order valence-electron chi connectivity index (χ1n) is 7.51. The van der Waals surface area contributed by atoms with E-state index in [4.69, 9.17) is 4.52 Å². The molecule has 1 heterocycles. The number of aryl methyl sites for hydroxylation is 1. The largest absolute Gasteiger partial charge is 0.343 e. The Balaban J connectivity index is 1.66. The van der Waals surface area contributed by atoms with Crippen LogP contribution in [0.1, 0.15) is 46.4 Å². The van der Waals surface area contributed by atoms with Gasteiger partial charge in [0.25, 0.3) is 5.91 Å². The number of nitrogens with zero attached hydrogens (tertiary/aromatic N) is 2. The second-order valence-corrected chi connectivity index (χ2v) is 7.66. The molecule has 1 aromatic heterocycles. The van der Waals surface area contributed by atoms with Crippen LogP contribution in [-0.4, -0.2) is 30.7 Å². The van der Waals surface area contributed by atoms with Crippen LogP contribution in [-0.2, 0) is 16.6 Å². The Labute approximate surface area is 139 Å². The Morgan fingerprint density at radius 2 is 2.12 bits per heavy atom. The van der Waals surface area contributed by atoms with E-state index in [2.05, 4.69) is 20.2 Å². The molecule has 9 heteroatoms. The Morgan fingerprint density at radius 1 is 1.38 bits per heavy atom. The number of carbonyl (C=O) groups is 1. The van der Waals surface area contributed by atoms with Crippen molar-refractivity contribution in [1.82, 2.24) is 15.5 Å². The lowest BCUT2D eigenvalue weighted by atomic mass is 10.1. The van der Waals surface area contributed by atoms with Crippen molar-refractivity contribution in [3.8, 4) is 0 Å². The third kappa shape index (κ3) is 4.10. The number of benzene rings is 1. The van der Waals surface area contributed by atoms with Gasteiger partial charge in [-0.05, 0) is 37.5 Å². The summed E-state index contributed by atoms with van der Waals surface area (Å²) in [5.74, 6) is 1.08. The number of nitrogens with one attached hydrogen (secondary N) is 2. The molecule has 128 valence electrons. The van der Waals surface area contributed by atoms with Gasteiger partial charge < -0.3 is 9.84 Å². The molecule has 0 unspecified atom stereocenters. The van der Waals surface area contributed by atoms with Gasteiger partial charge in [0.15, 0.2) is 5.82 Å². The molecule has 0 atom stereocenters. The zero-order chi connectivity index (χ0) is 17.3. The van der Waals surface area contributed by atoms with Gasteiger partial charge in [0.1, 0.15) is 0 Å². The second-order valence-electron chi connectivity index (χ2n) is 5.91. The van der Waals surface area contributed by atoms with Crippen LogP contribution in [0.25, 0.3) is 0 Å². The average molecular weight is 350 g/mol. The molecular formula is C15H18N4O4S. The molecule has 3 rings (SSSR count). The lowest BCUT2D eigenvalue weighted by molar-refractivity contribution is 0.0946. The number of aromatic nitrogens is 2. The molecule has 2 aromatic rings. The highest BCUT2D eigenvalue weighted by Gasteiger charge is 2.28. The maximum Gasteiger partial charge on any atom is 0.251 e. The van der Waals surface area contributed by atoms with Crippen molar-refractivity contribution < 1.29 is 17.7 Å². The molecule has 1 aromatic carbocycles. The van der Waals surface area contributed by atoms with Gasteiger partial charge >= 0.3 is 0 Å². The minimum atomic E-state index is -3.41. The number of amides is 1.